The molecule has 0 saturated carbocycles. The molecular weight excluding hydrogens is 384 g/mol. The molecule has 0 aliphatic rings. The molecule has 1 aromatic heterocycles. The van der Waals surface area contributed by atoms with Gasteiger partial charge in [0.25, 0.3) is 5.91 Å². The Balaban J connectivity index is 1.51. The standard InChI is InChI=1S/C23H24N2O5/c1-15(18-8-5-4-6-9-18)24-22(26)14-29-23(27)19-10-7-11-20(12-19)28-13-21-16(2)25-30-17(21)3/h4-12,15H,13-14H2,1-3H3,(H,24,26)/t15-/m0/s1. The number of carbonyl (C=O) groups excluding carboxylic acids is 2. The fraction of sp³-hybridized carbons (Fsp3) is 0.261. The highest BCUT2D eigenvalue weighted by atomic mass is 16.5. The van der Waals surface area contributed by atoms with E-state index in [-0.39, 0.29) is 25.2 Å². The largest absolute Gasteiger partial charge is 0.489 e. The van der Waals surface area contributed by atoms with Gasteiger partial charge in [-0.15, -0.1) is 0 Å². The van der Waals surface area contributed by atoms with Crippen molar-refractivity contribution in [3.05, 3.63) is 82.7 Å². The Morgan fingerprint density at radius 1 is 1.10 bits per heavy atom. The van der Waals surface area contributed by atoms with Crippen LogP contribution >= 0.6 is 0 Å². The van der Waals surface area contributed by atoms with Crippen molar-refractivity contribution in [2.24, 2.45) is 0 Å². The van der Waals surface area contributed by atoms with Crippen LogP contribution < -0.4 is 10.1 Å². The molecule has 0 radical (unpaired) electrons. The van der Waals surface area contributed by atoms with Crippen LogP contribution in [0.1, 0.15) is 45.9 Å². The SMILES string of the molecule is Cc1noc(C)c1COc1cccc(C(=O)OCC(=O)N[C@@H](C)c2ccccc2)c1. The van der Waals surface area contributed by atoms with Crippen LogP contribution in [0.15, 0.2) is 59.1 Å². The first-order valence-corrected chi connectivity index (χ1v) is 9.60. The van der Waals surface area contributed by atoms with Crippen LogP contribution in [0.3, 0.4) is 0 Å². The molecule has 0 spiro atoms. The van der Waals surface area contributed by atoms with Gasteiger partial charge < -0.3 is 19.3 Å². The Bertz CT molecular complexity index is 994. The number of esters is 1. The van der Waals surface area contributed by atoms with E-state index in [9.17, 15) is 9.59 Å². The normalized spacial score (nSPS) is 11.6. The average Bonchev–Trinajstić information content (AvgIpc) is 3.08. The Morgan fingerprint density at radius 3 is 2.57 bits per heavy atom. The number of nitrogens with zero attached hydrogens (tertiary/aromatic N) is 1. The molecule has 1 heterocycles. The zero-order chi connectivity index (χ0) is 21.5. The van der Waals surface area contributed by atoms with Crippen molar-refractivity contribution >= 4 is 11.9 Å². The molecule has 0 aliphatic heterocycles. The van der Waals surface area contributed by atoms with E-state index in [0.29, 0.717) is 17.1 Å². The number of hydrogen-bond acceptors (Lipinski definition) is 6. The summed E-state index contributed by atoms with van der Waals surface area (Å²) < 4.78 is 16.0. The van der Waals surface area contributed by atoms with E-state index in [1.807, 2.05) is 51.1 Å². The number of aromatic nitrogens is 1. The summed E-state index contributed by atoms with van der Waals surface area (Å²) >= 11 is 0. The highest BCUT2D eigenvalue weighted by Gasteiger charge is 2.14. The number of ether oxygens (including phenoxy) is 2. The summed E-state index contributed by atoms with van der Waals surface area (Å²) in [5.74, 6) is 0.233. The molecule has 156 valence electrons. The zero-order valence-electron chi connectivity index (χ0n) is 17.2. The molecule has 0 unspecified atom stereocenters. The summed E-state index contributed by atoms with van der Waals surface area (Å²) in [6.07, 6.45) is 0. The molecule has 3 aromatic rings. The van der Waals surface area contributed by atoms with Gasteiger partial charge in [-0.3, -0.25) is 4.79 Å². The average molecular weight is 408 g/mol. The van der Waals surface area contributed by atoms with Crippen LogP contribution in [0.25, 0.3) is 0 Å². The molecule has 2 aromatic carbocycles. The first-order chi connectivity index (χ1) is 14.4. The second kappa shape index (κ2) is 9.73. The number of carbonyl (C=O) groups is 2. The van der Waals surface area contributed by atoms with E-state index >= 15 is 0 Å². The summed E-state index contributed by atoms with van der Waals surface area (Å²) in [5.41, 5.74) is 2.90. The molecule has 7 nitrogen and oxygen atoms in total. The quantitative estimate of drug-likeness (QED) is 0.569. The molecule has 0 aliphatic carbocycles. The van der Waals surface area contributed by atoms with Crippen LogP contribution in [0, 0.1) is 13.8 Å². The number of benzene rings is 2. The Morgan fingerprint density at radius 2 is 1.87 bits per heavy atom. The predicted molar refractivity (Wildman–Crippen MR) is 110 cm³/mol. The van der Waals surface area contributed by atoms with E-state index in [1.54, 1.807) is 24.3 Å². The number of amides is 1. The van der Waals surface area contributed by atoms with E-state index in [0.717, 1.165) is 16.8 Å². The van der Waals surface area contributed by atoms with Crippen molar-refractivity contribution in [3.8, 4) is 5.75 Å². The van der Waals surface area contributed by atoms with E-state index < -0.39 is 5.97 Å². The van der Waals surface area contributed by atoms with Crippen LogP contribution in [-0.2, 0) is 16.1 Å². The molecule has 0 saturated heterocycles. The van der Waals surface area contributed by atoms with E-state index in [4.69, 9.17) is 14.0 Å². The highest BCUT2D eigenvalue weighted by molar-refractivity contribution is 5.91. The van der Waals surface area contributed by atoms with Gasteiger partial charge in [0.05, 0.1) is 22.9 Å². The third kappa shape index (κ3) is 5.47. The number of nitrogens with one attached hydrogen (secondary N) is 1. The summed E-state index contributed by atoms with van der Waals surface area (Å²) in [7, 11) is 0. The van der Waals surface area contributed by atoms with Gasteiger partial charge in [-0.25, -0.2) is 4.79 Å². The van der Waals surface area contributed by atoms with Crippen LogP contribution in [0.4, 0.5) is 0 Å². The summed E-state index contributed by atoms with van der Waals surface area (Å²) in [6.45, 7) is 5.44. The minimum absolute atomic E-state index is 0.182. The molecule has 1 amide bonds. The summed E-state index contributed by atoms with van der Waals surface area (Å²) in [4.78, 5) is 24.4. The van der Waals surface area contributed by atoms with Crippen LogP contribution in [0.2, 0.25) is 0 Å². The van der Waals surface area contributed by atoms with Crippen LogP contribution in [-0.4, -0.2) is 23.6 Å². The second-order valence-electron chi connectivity index (χ2n) is 6.90. The fourth-order valence-corrected chi connectivity index (χ4v) is 2.90. The van der Waals surface area contributed by atoms with Crippen molar-refractivity contribution in [3.63, 3.8) is 0 Å². The molecule has 0 bridgehead atoms. The number of aryl methyl sites for hydroxylation is 2. The first-order valence-electron chi connectivity index (χ1n) is 9.60. The molecule has 0 fully saturated rings. The van der Waals surface area contributed by atoms with Gasteiger partial charge in [0.15, 0.2) is 6.61 Å². The lowest BCUT2D eigenvalue weighted by Gasteiger charge is -2.14. The van der Waals surface area contributed by atoms with Crippen molar-refractivity contribution < 1.29 is 23.6 Å². The Hall–Kier alpha value is -3.61. The van der Waals surface area contributed by atoms with Gasteiger partial charge >= 0.3 is 5.97 Å². The molecule has 7 heteroatoms. The van der Waals surface area contributed by atoms with Gasteiger partial charge in [-0.2, -0.15) is 0 Å². The van der Waals surface area contributed by atoms with Crippen LogP contribution in [0.5, 0.6) is 5.75 Å². The minimum Gasteiger partial charge on any atom is -0.489 e. The molecule has 30 heavy (non-hydrogen) atoms. The van der Waals surface area contributed by atoms with Gasteiger partial charge in [-0.1, -0.05) is 41.6 Å². The van der Waals surface area contributed by atoms with Crippen molar-refractivity contribution in [2.45, 2.75) is 33.4 Å². The minimum atomic E-state index is -0.597. The lowest BCUT2D eigenvalue weighted by atomic mass is 10.1. The first kappa shape index (κ1) is 21.1. The van der Waals surface area contributed by atoms with E-state index in [2.05, 4.69) is 10.5 Å². The molecule has 3 rings (SSSR count). The van der Waals surface area contributed by atoms with Gasteiger partial charge in [-0.05, 0) is 44.5 Å². The molecule has 1 N–H and O–H groups in total. The predicted octanol–water partition coefficient (Wildman–Crippen LogP) is 3.90. The topological polar surface area (TPSA) is 90.7 Å². The summed E-state index contributed by atoms with van der Waals surface area (Å²) in [5, 5.41) is 6.69. The second-order valence-corrected chi connectivity index (χ2v) is 6.90. The van der Waals surface area contributed by atoms with Crippen molar-refractivity contribution in [1.29, 1.82) is 0 Å². The van der Waals surface area contributed by atoms with E-state index in [1.165, 1.54) is 0 Å². The smallest absolute Gasteiger partial charge is 0.338 e. The van der Waals surface area contributed by atoms with Gasteiger partial charge in [0, 0.05) is 0 Å². The van der Waals surface area contributed by atoms with Crippen molar-refractivity contribution in [2.75, 3.05) is 6.61 Å². The number of hydrogen-bond donors (Lipinski definition) is 1. The monoisotopic (exact) mass is 408 g/mol. The Kier molecular flexibility index (Phi) is 6.85. The zero-order valence-corrected chi connectivity index (χ0v) is 17.2. The maximum atomic E-state index is 12.3. The fourth-order valence-electron chi connectivity index (χ4n) is 2.90. The van der Waals surface area contributed by atoms with Gasteiger partial charge in [0.1, 0.15) is 18.1 Å². The maximum absolute atomic E-state index is 12.3. The Labute approximate surface area is 175 Å². The molecule has 1 atom stereocenters. The van der Waals surface area contributed by atoms with Gasteiger partial charge in [0.2, 0.25) is 0 Å². The lowest BCUT2D eigenvalue weighted by Crippen LogP contribution is -2.31. The van der Waals surface area contributed by atoms with Crippen molar-refractivity contribution in [1.82, 2.24) is 10.5 Å². The summed E-state index contributed by atoms with van der Waals surface area (Å²) in [6, 6.07) is 16.0. The maximum Gasteiger partial charge on any atom is 0.338 e. The lowest BCUT2D eigenvalue weighted by molar-refractivity contribution is -0.124. The third-order valence-corrected chi connectivity index (χ3v) is 4.65. The third-order valence-electron chi connectivity index (χ3n) is 4.65. The molecular formula is C23H24N2O5. The number of rotatable bonds is 8. The highest BCUT2D eigenvalue weighted by Crippen LogP contribution is 2.19.